The minimum absolute atomic E-state index is 0.135. The number of nitrogens with zero attached hydrogens (tertiary/aromatic N) is 2. The lowest BCUT2D eigenvalue weighted by Crippen LogP contribution is -2.21. The Bertz CT molecular complexity index is 1150. The Balaban J connectivity index is 1.74. The van der Waals surface area contributed by atoms with E-state index in [0.717, 1.165) is 11.1 Å². The number of benzene rings is 3. The lowest BCUT2D eigenvalue weighted by Gasteiger charge is -2.11. The van der Waals surface area contributed by atoms with Crippen molar-refractivity contribution in [2.75, 3.05) is 10.3 Å². The molecule has 1 heterocycles. The fourth-order valence-corrected chi connectivity index (χ4v) is 3.27. The van der Waals surface area contributed by atoms with Crippen molar-refractivity contribution in [3.63, 3.8) is 0 Å². The Morgan fingerprint density at radius 1 is 0.967 bits per heavy atom. The van der Waals surface area contributed by atoms with E-state index in [9.17, 15) is 9.59 Å². The molecule has 0 spiro atoms. The van der Waals surface area contributed by atoms with Crippen LogP contribution in [-0.4, -0.2) is 17.5 Å². The van der Waals surface area contributed by atoms with E-state index in [1.165, 1.54) is 11.9 Å². The number of hydrogen-bond acceptors (Lipinski definition) is 3. The molecule has 1 N–H and O–H groups in total. The molecule has 30 heavy (non-hydrogen) atoms. The van der Waals surface area contributed by atoms with Crippen molar-refractivity contribution in [3.8, 4) is 0 Å². The molecule has 3 aromatic rings. The summed E-state index contributed by atoms with van der Waals surface area (Å²) in [6.07, 6.45) is 1.81. The largest absolute Gasteiger partial charge is 0.326 e. The van der Waals surface area contributed by atoms with Crippen LogP contribution in [0.4, 0.5) is 11.4 Å². The van der Waals surface area contributed by atoms with Crippen molar-refractivity contribution in [2.45, 2.75) is 6.92 Å². The SMILES string of the molecule is CC(=O)Nc1ccc(/C=C2\C(=O)N(c3ccc(Cl)cc3)N=C2c2ccccc2)cc1. The summed E-state index contributed by atoms with van der Waals surface area (Å²) in [5.41, 5.74) is 4.10. The third-order valence-electron chi connectivity index (χ3n) is 4.54. The first kappa shape index (κ1) is 19.6. The number of halogens is 1. The van der Waals surface area contributed by atoms with Crippen molar-refractivity contribution >= 4 is 46.6 Å². The van der Waals surface area contributed by atoms with Gasteiger partial charge < -0.3 is 5.32 Å². The van der Waals surface area contributed by atoms with E-state index in [4.69, 9.17) is 11.6 Å². The summed E-state index contributed by atoms with van der Waals surface area (Å²) in [6.45, 7) is 1.46. The van der Waals surface area contributed by atoms with Gasteiger partial charge in [0, 0.05) is 23.2 Å². The number of anilines is 2. The molecule has 0 saturated carbocycles. The van der Waals surface area contributed by atoms with Crippen LogP contribution in [0.3, 0.4) is 0 Å². The summed E-state index contributed by atoms with van der Waals surface area (Å²) in [7, 11) is 0. The van der Waals surface area contributed by atoms with Crippen LogP contribution in [0.15, 0.2) is 89.5 Å². The summed E-state index contributed by atoms with van der Waals surface area (Å²) in [5, 5.41) is 9.31. The van der Waals surface area contributed by atoms with E-state index < -0.39 is 0 Å². The molecule has 0 bridgehead atoms. The van der Waals surface area contributed by atoms with Gasteiger partial charge in [0.1, 0.15) is 5.71 Å². The van der Waals surface area contributed by atoms with Gasteiger partial charge in [0.25, 0.3) is 5.91 Å². The van der Waals surface area contributed by atoms with E-state index in [1.54, 1.807) is 36.4 Å². The number of hydrazone groups is 1. The first-order valence-electron chi connectivity index (χ1n) is 9.35. The Morgan fingerprint density at radius 3 is 2.27 bits per heavy atom. The van der Waals surface area contributed by atoms with Crippen LogP contribution >= 0.6 is 11.6 Å². The molecule has 0 aliphatic carbocycles. The highest BCUT2D eigenvalue weighted by Crippen LogP contribution is 2.29. The van der Waals surface area contributed by atoms with Crippen LogP contribution in [0.5, 0.6) is 0 Å². The van der Waals surface area contributed by atoms with Crippen molar-refractivity contribution in [3.05, 3.63) is 101 Å². The molecule has 2 amide bonds. The van der Waals surface area contributed by atoms with Crippen LogP contribution in [0.1, 0.15) is 18.1 Å². The number of carbonyl (C=O) groups is 2. The van der Waals surface area contributed by atoms with Gasteiger partial charge in [-0.3, -0.25) is 9.59 Å². The topological polar surface area (TPSA) is 61.8 Å². The highest BCUT2D eigenvalue weighted by molar-refractivity contribution is 6.37. The molecule has 0 saturated heterocycles. The van der Waals surface area contributed by atoms with E-state index in [1.807, 2.05) is 48.5 Å². The predicted octanol–water partition coefficient (Wildman–Crippen LogP) is 5.13. The van der Waals surface area contributed by atoms with Gasteiger partial charge in [0.2, 0.25) is 5.91 Å². The molecule has 0 unspecified atom stereocenters. The number of nitrogens with one attached hydrogen (secondary N) is 1. The van der Waals surface area contributed by atoms with E-state index in [0.29, 0.717) is 27.7 Å². The predicted molar refractivity (Wildman–Crippen MR) is 121 cm³/mol. The van der Waals surface area contributed by atoms with Gasteiger partial charge in [-0.2, -0.15) is 10.1 Å². The molecule has 5 nitrogen and oxygen atoms in total. The third kappa shape index (κ3) is 4.16. The third-order valence-corrected chi connectivity index (χ3v) is 4.79. The summed E-state index contributed by atoms with van der Waals surface area (Å²) in [4.78, 5) is 24.5. The molecule has 0 atom stereocenters. The molecule has 148 valence electrons. The quantitative estimate of drug-likeness (QED) is 0.600. The van der Waals surface area contributed by atoms with Crippen LogP contribution in [0.2, 0.25) is 5.02 Å². The van der Waals surface area contributed by atoms with Gasteiger partial charge >= 0.3 is 0 Å². The highest BCUT2D eigenvalue weighted by Gasteiger charge is 2.31. The molecule has 6 heteroatoms. The molecular weight excluding hydrogens is 398 g/mol. The van der Waals surface area contributed by atoms with Gasteiger partial charge in [-0.1, -0.05) is 54.1 Å². The maximum Gasteiger partial charge on any atom is 0.281 e. The standard InChI is InChI=1S/C24H18ClN3O2/c1-16(29)26-20-11-7-17(8-12-20)15-22-23(18-5-3-2-4-6-18)27-28(24(22)30)21-13-9-19(25)10-14-21/h2-15H,1H3,(H,26,29)/b22-15-. The smallest absolute Gasteiger partial charge is 0.281 e. The molecule has 0 radical (unpaired) electrons. The lowest BCUT2D eigenvalue weighted by atomic mass is 10.00. The van der Waals surface area contributed by atoms with Crippen LogP contribution in [0, 0.1) is 0 Å². The Morgan fingerprint density at radius 2 is 1.63 bits per heavy atom. The maximum atomic E-state index is 13.2. The van der Waals surface area contributed by atoms with Crippen LogP contribution < -0.4 is 10.3 Å². The Labute approximate surface area is 179 Å². The number of carbonyl (C=O) groups excluding carboxylic acids is 2. The second-order valence-electron chi connectivity index (χ2n) is 6.77. The highest BCUT2D eigenvalue weighted by atomic mass is 35.5. The second-order valence-corrected chi connectivity index (χ2v) is 7.21. The van der Waals surface area contributed by atoms with E-state index in [-0.39, 0.29) is 11.8 Å². The monoisotopic (exact) mass is 415 g/mol. The van der Waals surface area contributed by atoms with Gasteiger partial charge in [0.15, 0.2) is 0 Å². The minimum atomic E-state index is -0.220. The Kier molecular flexibility index (Phi) is 5.46. The zero-order valence-electron chi connectivity index (χ0n) is 16.2. The fraction of sp³-hybridized carbons (Fsp3) is 0.0417. The molecule has 1 aliphatic rings. The van der Waals surface area contributed by atoms with E-state index in [2.05, 4.69) is 10.4 Å². The zero-order chi connectivity index (χ0) is 21.1. The first-order chi connectivity index (χ1) is 14.5. The summed E-state index contributed by atoms with van der Waals surface area (Å²) in [5.74, 6) is -0.355. The van der Waals surface area contributed by atoms with E-state index >= 15 is 0 Å². The van der Waals surface area contributed by atoms with Gasteiger partial charge in [-0.25, -0.2) is 0 Å². The number of hydrogen-bond donors (Lipinski definition) is 1. The zero-order valence-corrected chi connectivity index (χ0v) is 16.9. The lowest BCUT2D eigenvalue weighted by molar-refractivity contribution is -0.115. The van der Waals surface area contributed by atoms with Gasteiger partial charge in [-0.15, -0.1) is 0 Å². The summed E-state index contributed by atoms with van der Waals surface area (Å²) < 4.78 is 0. The molecule has 3 aromatic carbocycles. The molecule has 1 aliphatic heterocycles. The van der Waals surface area contributed by atoms with Gasteiger partial charge in [-0.05, 0) is 48.0 Å². The summed E-state index contributed by atoms with van der Waals surface area (Å²) >= 11 is 5.98. The van der Waals surface area contributed by atoms with Gasteiger partial charge in [0.05, 0.1) is 11.3 Å². The average Bonchev–Trinajstić information content (AvgIpc) is 3.07. The molecule has 4 rings (SSSR count). The van der Waals surface area contributed by atoms with Crippen molar-refractivity contribution < 1.29 is 9.59 Å². The second kappa shape index (κ2) is 8.35. The molecule has 0 aromatic heterocycles. The van der Waals surface area contributed by atoms with Crippen molar-refractivity contribution in [2.24, 2.45) is 5.10 Å². The molecular formula is C24H18ClN3O2. The van der Waals surface area contributed by atoms with Crippen molar-refractivity contribution in [1.82, 2.24) is 0 Å². The van der Waals surface area contributed by atoms with Crippen molar-refractivity contribution in [1.29, 1.82) is 0 Å². The Hall–Kier alpha value is -3.70. The summed E-state index contributed by atoms with van der Waals surface area (Å²) in [6, 6.07) is 23.8. The maximum absolute atomic E-state index is 13.2. The fourth-order valence-electron chi connectivity index (χ4n) is 3.14. The van der Waals surface area contributed by atoms with Crippen LogP contribution in [-0.2, 0) is 9.59 Å². The number of amides is 2. The normalized spacial score (nSPS) is 14.7. The average molecular weight is 416 g/mol. The molecule has 0 fully saturated rings. The van der Waals surface area contributed by atoms with Crippen LogP contribution in [0.25, 0.3) is 6.08 Å². The first-order valence-corrected chi connectivity index (χ1v) is 9.73. The minimum Gasteiger partial charge on any atom is -0.326 e. The number of rotatable bonds is 4.